The van der Waals surface area contributed by atoms with Crippen LogP contribution in [0, 0.1) is 17.2 Å². The molecule has 0 heterocycles. The normalized spacial score (nSPS) is 13.6. The molecule has 0 saturated heterocycles. The van der Waals surface area contributed by atoms with E-state index in [1.807, 2.05) is 25.8 Å². The summed E-state index contributed by atoms with van der Waals surface area (Å²) in [5, 5.41) is 11.6. The average Bonchev–Trinajstić information content (AvgIpc) is 2.37. The number of likely N-dealkylation sites (N-methyl/N-ethyl adjacent to an activating group) is 1. The molecule has 1 amide bonds. The number of nitrogen functional groups attached to an aromatic ring is 1. The van der Waals surface area contributed by atoms with E-state index < -0.39 is 0 Å². The molecule has 5 heteroatoms. The van der Waals surface area contributed by atoms with Crippen molar-refractivity contribution in [1.82, 2.24) is 4.90 Å². The van der Waals surface area contributed by atoms with Crippen molar-refractivity contribution in [3.8, 4) is 6.07 Å². The van der Waals surface area contributed by atoms with Crippen molar-refractivity contribution in [2.75, 3.05) is 24.6 Å². The fraction of sp³-hybridized carbons (Fsp3) is 0.429. The minimum absolute atomic E-state index is 0.104. The third-order valence-corrected chi connectivity index (χ3v) is 2.98. The molecule has 0 bridgehead atoms. The number of benzene rings is 1. The molecule has 2 unspecified atom stereocenters. The molecular weight excluding hydrogens is 240 g/mol. The number of rotatable bonds is 5. The molecule has 2 atom stereocenters. The molecule has 0 aliphatic carbocycles. The monoisotopic (exact) mass is 260 g/mol. The summed E-state index contributed by atoms with van der Waals surface area (Å²) in [5.41, 5.74) is 6.94. The Balaban J connectivity index is 2.60. The highest BCUT2D eigenvalue weighted by Crippen LogP contribution is 2.13. The molecule has 1 aromatic carbocycles. The first-order chi connectivity index (χ1) is 8.93. The summed E-state index contributed by atoms with van der Waals surface area (Å²) >= 11 is 0. The number of nitrogens with zero attached hydrogens (tertiary/aromatic N) is 2. The van der Waals surface area contributed by atoms with Gasteiger partial charge in [0.2, 0.25) is 5.91 Å². The lowest BCUT2D eigenvalue weighted by molar-refractivity contribution is -0.120. The molecule has 1 rings (SSSR count). The predicted octanol–water partition coefficient (Wildman–Crippen LogP) is 1.69. The van der Waals surface area contributed by atoms with Crippen LogP contribution >= 0.6 is 0 Å². The number of amides is 1. The second-order valence-corrected chi connectivity index (χ2v) is 4.76. The molecule has 0 aliphatic rings. The van der Waals surface area contributed by atoms with Crippen molar-refractivity contribution in [1.29, 1.82) is 5.26 Å². The molecule has 19 heavy (non-hydrogen) atoms. The molecule has 1 aromatic rings. The van der Waals surface area contributed by atoms with Gasteiger partial charge in [-0.15, -0.1) is 0 Å². The van der Waals surface area contributed by atoms with Crippen LogP contribution in [-0.2, 0) is 4.79 Å². The van der Waals surface area contributed by atoms with Gasteiger partial charge in [0.1, 0.15) is 0 Å². The topological polar surface area (TPSA) is 82.2 Å². The molecule has 0 fully saturated rings. The Labute approximate surface area is 114 Å². The maximum absolute atomic E-state index is 12.1. The van der Waals surface area contributed by atoms with Gasteiger partial charge in [0.25, 0.3) is 0 Å². The van der Waals surface area contributed by atoms with Crippen LogP contribution < -0.4 is 11.1 Å². The van der Waals surface area contributed by atoms with Gasteiger partial charge >= 0.3 is 0 Å². The lowest BCUT2D eigenvalue weighted by Crippen LogP contribution is -2.41. The molecule has 0 aliphatic heterocycles. The van der Waals surface area contributed by atoms with E-state index in [0.717, 1.165) is 0 Å². The molecular formula is C14H20N4O. The number of anilines is 2. The molecule has 0 saturated carbocycles. The summed E-state index contributed by atoms with van der Waals surface area (Å²) in [7, 11) is 1.83. The van der Waals surface area contributed by atoms with Gasteiger partial charge in [0.15, 0.2) is 0 Å². The van der Waals surface area contributed by atoms with E-state index in [1.54, 1.807) is 24.3 Å². The van der Waals surface area contributed by atoms with Gasteiger partial charge in [0, 0.05) is 17.9 Å². The number of hydrogen-bond donors (Lipinski definition) is 2. The van der Waals surface area contributed by atoms with Crippen LogP contribution in [0.1, 0.15) is 13.8 Å². The zero-order valence-corrected chi connectivity index (χ0v) is 11.6. The van der Waals surface area contributed by atoms with E-state index in [9.17, 15) is 4.79 Å². The second-order valence-electron chi connectivity index (χ2n) is 4.76. The summed E-state index contributed by atoms with van der Waals surface area (Å²) in [6.45, 7) is 4.20. The van der Waals surface area contributed by atoms with Crippen molar-refractivity contribution in [2.24, 2.45) is 5.92 Å². The zero-order valence-electron chi connectivity index (χ0n) is 11.6. The van der Waals surface area contributed by atoms with Gasteiger partial charge in [-0.3, -0.25) is 9.69 Å². The Kier molecular flexibility index (Phi) is 5.34. The number of carbonyl (C=O) groups is 1. The summed E-state index contributed by atoms with van der Waals surface area (Å²) < 4.78 is 0. The molecule has 0 radical (unpaired) electrons. The SMILES string of the molecule is CC(C#N)CN(C)C(C)C(=O)Nc1cccc(N)c1. The predicted molar refractivity (Wildman–Crippen MR) is 76.4 cm³/mol. The quantitative estimate of drug-likeness (QED) is 0.789. The highest BCUT2D eigenvalue weighted by Gasteiger charge is 2.19. The highest BCUT2D eigenvalue weighted by atomic mass is 16.2. The van der Waals surface area contributed by atoms with Gasteiger partial charge in [-0.05, 0) is 39.1 Å². The first-order valence-electron chi connectivity index (χ1n) is 6.20. The Morgan fingerprint density at radius 1 is 1.53 bits per heavy atom. The van der Waals surface area contributed by atoms with Crippen molar-refractivity contribution in [3.63, 3.8) is 0 Å². The largest absolute Gasteiger partial charge is 0.399 e. The summed E-state index contributed by atoms with van der Waals surface area (Å²) in [6.07, 6.45) is 0. The molecule has 102 valence electrons. The van der Waals surface area contributed by atoms with Crippen LogP contribution in [0.4, 0.5) is 11.4 Å². The van der Waals surface area contributed by atoms with E-state index in [1.165, 1.54) is 0 Å². The summed E-state index contributed by atoms with van der Waals surface area (Å²) in [6, 6.07) is 8.90. The van der Waals surface area contributed by atoms with Crippen LogP contribution in [0.15, 0.2) is 24.3 Å². The Morgan fingerprint density at radius 2 is 2.21 bits per heavy atom. The van der Waals surface area contributed by atoms with E-state index in [-0.39, 0.29) is 17.9 Å². The Morgan fingerprint density at radius 3 is 2.79 bits per heavy atom. The van der Waals surface area contributed by atoms with Crippen LogP contribution in [0.25, 0.3) is 0 Å². The van der Waals surface area contributed by atoms with Gasteiger partial charge in [-0.2, -0.15) is 5.26 Å². The highest BCUT2D eigenvalue weighted by molar-refractivity contribution is 5.94. The van der Waals surface area contributed by atoms with Crippen molar-refractivity contribution in [3.05, 3.63) is 24.3 Å². The minimum atomic E-state index is -0.308. The third-order valence-electron chi connectivity index (χ3n) is 2.98. The zero-order chi connectivity index (χ0) is 14.4. The van der Waals surface area contributed by atoms with Crippen LogP contribution in [0.3, 0.4) is 0 Å². The van der Waals surface area contributed by atoms with Crippen LogP contribution in [-0.4, -0.2) is 30.4 Å². The minimum Gasteiger partial charge on any atom is -0.399 e. The van der Waals surface area contributed by atoms with E-state index in [0.29, 0.717) is 17.9 Å². The van der Waals surface area contributed by atoms with Gasteiger partial charge in [-0.25, -0.2) is 0 Å². The number of carbonyl (C=O) groups excluding carboxylic acids is 1. The van der Waals surface area contributed by atoms with Gasteiger partial charge in [-0.1, -0.05) is 6.07 Å². The Hall–Kier alpha value is -2.06. The van der Waals surface area contributed by atoms with E-state index in [4.69, 9.17) is 11.0 Å². The van der Waals surface area contributed by atoms with Gasteiger partial charge in [0.05, 0.1) is 18.0 Å². The number of hydrogen-bond acceptors (Lipinski definition) is 4. The van der Waals surface area contributed by atoms with E-state index >= 15 is 0 Å². The smallest absolute Gasteiger partial charge is 0.241 e. The average molecular weight is 260 g/mol. The lowest BCUT2D eigenvalue weighted by atomic mass is 10.1. The third kappa shape index (κ3) is 4.60. The summed E-state index contributed by atoms with van der Waals surface area (Å²) in [5.74, 6) is -0.217. The standard InChI is InChI=1S/C14H20N4O/c1-10(8-15)9-18(3)11(2)14(19)17-13-6-4-5-12(16)7-13/h4-7,10-11H,9,16H2,1-3H3,(H,17,19). The lowest BCUT2D eigenvalue weighted by Gasteiger charge is -2.24. The molecule has 5 nitrogen and oxygen atoms in total. The summed E-state index contributed by atoms with van der Waals surface area (Å²) in [4.78, 5) is 13.9. The fourth-order valence-corrected chi connectivity index (χ4v) is 1.69. The maximum Gasteiger partial charge on any atom is 0.241 e. The molecule has 0 aromatic heterocycles. The number of nitrogens with one attached hydrogen (secondary N) is 1. The number of nitrogens with two attached hydrogens (primary N) is 1. The van der Waals surface area contributed by atoms with Gasteiger partial charge < -0.3 is 11.1 Å². The van der Waals surface area contributed by atoms with Crippen LogP contribution in [0.5, 0.6) is 0 Å². The molecule has 3 N–H and O–H groups in total. The van der Waals surface area contributed by atoms with Crippen molar-refractivity contribution >= 4 is 17.3 Å². The van der Waals surface area contributed by atoms with Crippen molar-refractivity contribution in [2.45, 2.75) is 19.9 Å². The first-order valence-corrected chi connectivity index (χ1v) is 6.20. The van der Waals surface area contributed by atoms with Crippen LogP contribution in [0.2, 0.25) is 0 Å². The maximum atomic E-state index is 12.1. The van der Waals surface area contributed by atoms with E-state index in [2.05, 4.69) is 11.4 Å². The van der Waals surface area contributed by atoms with Crippen molar-refractivity contribution < 1.29 is 4.79 Å². The number of nitriles is 1. The molecule has 0 spiro atoms. The second kappa shape index (κ2) is 6.76. The Bertz CT molecular complexity index is 481. The first kappa shape index (κ1) is 15.0. The fourth-order valence-electron chi connectivity index (χ4n) is 1.69.